The summed E-state index contributed by atoms with van der Waals surface area (Å²) in [6, 6.07) is 7.51. The van der Waals surface area contributed by atoms with Gasteiger partial charge in [0.2, 0.25) is 0 Å². The van der Waals surface area contributed by atoms with Gasteiger partial charge >= 0.3 is 6.01 Å². The molecule has 0 radical (unpaired) electrons. The minimum atomic E-state index is -3.25. The van der Waals surface area contributed by atoms with Gasteiger partial charge in [0.15, 0.2) is 9.84 Å². The van der Waals surface area contributed by atoms with Crippen molar-refractivity contribution in [3.8, 4) is 11.8 Å². The predicted molar refractivity (Wildman–Crippen MR) is 77.4 cm³/mol. The van der Waals surface area contributed by atoms with E-state index in [0.717, 1.165) is 6.26 Å². The summed E-state index contributed by atoms with van der Waals surface area (Å²) in [6.07, 6.45) is 1.13. The first-order chi connectivity index (χ1) is 9.75. The molecule has 0 unspecified atom stereocenters. The largest absolute Gasteiger partial charge is 0.424 e. The number of nitrogen functional groups attached to an aromatic ring is 1. The van der Waals surface area contributed by atoms with Crippen LogP contribution in [0.15, 0.2) is 35.2 Å². The first kappa shape index (κ1) is 14.9. The van der Waals surface area contributed by atoms with E-state index in [1.165, 1.54) is 24.3 Å². The Morgan fingerprint density at radius 2 is 1.86 bits per heavy atom. The summed E-state index contributed by atoms with van der Waals surface area (Å²) >= 11 is 0. The van der Waals surface area contributed by atoms with Crippen molar-refractivity contribution in [2.24, 2.45) is 5.73 Å². The Morgan fingerprint density at radius 1 is 1.24 bits per heavy atom. The van der Waals surface area contributed by atoms with Crippen molar-refractivity contribution in [3.63, 3.8) is 0 Å². The first-order valence-corrected chi connectivity index (χ1v) is 7.83. The number of amidine groups is 1. The van der Waals surface area contributed by atoms with Gasteiger partial charge in [-0.05, 0) is 37.3 Å². The van der Waals surface area contributed by atoms with Crippen LogP contribution in [0.5, 0.6) is 11.8 Å². The van der Waals surface area contributed by atoms with Crippen LogP contribution in [-0.4, -0.2) is 30.5 Å². The van der Waals surface area contributed by atoms with E-state index in [0.29, 0.717) is 11.4 Å². The van der Waals surface area contributed by atoms with Crippen LogP contribution in [0.4, 0.5) is 0 Å². The highest BCUT2D eigenvalue weighted by molar-refractivity contribution is 7.90. The number of rotatable bonds is 4. The zero-order chi connectivity index (χ0) is 15.6. The SMILES string of the molecule is Cc1cc(C(=N)N)nc(Oc2ccc(S(C)(=O)=O)cc2)n1. The number of nitrogens with one attached hydrogen (secondary N) is 1. The highest BCUT2D eigenvalue weighted by Crippen LogP contribution is 2.20. The molecule has 1 heterocycles. The third-order valence-electron chi connectivity index (χ3n) is 2.57. The molecule has 21 heavy (non-hydrogen) atoms. The van der Waals surface area contributed by atoms with Crippen molar-refractivity contribution in [2.45, 2.75) is 11.8 Å². The summed E-state index contributed by atoms with van der Waals surface area (Å²) in [5.74, 6) is 0.209. The molecule has 0 amide bonds. The molecule has 0 aliphatic rings. The van der Waals surface area contributed by atoms with Crippen LogP contribution in [0.2, 0.25) is 0 Å². The summed E-state index contributed by atoms with van der Waals surface area (Å²) in [4.78, 5) is 8.28. The number of sulfone groups is 1. The Hall–Kier alpha value is -2.48. The average Bonchev–Trinajstić information content (AvgIpc) is 2.37. The van der Waals surface area contributed by atoms with E-state index in [-0.39, 0.29) is 22.4 Å². The summed E-state index contributed by atoms with van der Waals surface area (Å²) in [6.45, 7) is 1.73. The number of hydrogen-bond donors (Lipinski definition) is 2. The number of aromatic nitrogens is 2. The lowest BCUT2D eigenvalue weighted by molar-refractivity contribution is 0.439. The Bertz CT molecular complexity index is 786. The molecule has 3 N–H and O–H groups in total. The zero-order valence-electron chi connectivity index (χ0n) is 11.5. The molecule has 0 saturated carbocycles. The van der Waals surface area contributed by atoms with Crippen LogP contribution in [0.1, 0.15) is 11.4 Å². The van der Waals surface area contributed by atoms with Crippen molar-refractivity contribution in [2.75, 3.05) is 6.26 Å². The molecule has 1 aromatic heterocycles. The van der Waals surface area contributed by atoms with E-state index in [4.69, 9.17) is 15.9 Å². The Kier molecular flexibility index (Phi) is 3.90. The summed E-state index contributed by atoms with van der Waals surface area (Å²) < 4.78 is 28.2. The topological polar surface area (TPSA) is 119 Å². The number of hydrogen-bond acceptors (Lipinski definition) is 6. The Labute approximate surface area is 122 Å². The van der Waals surface area contributed by atoms with Gasteiger partial charge in [0.05, 0.1) is 4.90 Å². The maximum absolute atomic E-state index is 11.4. The fourth-order valence-electron chi connectivity index (χ4n) is 1.59. The third-order valence-corrected chi connectivity index (χ3v) is 3.70. The van der Waals surface area contributed by atoms with Crippen molar-refractivity contribution in [3.05, 3.63) is 41.7 Å². The summed E-state index contributed by atoms with van der Waals surface area (Å²) in [5, 5.41) is 7.37. The molecule has 7 nitrogen and oxygen atoms in total. The van der Waals surface area contributed by atoms with Gasteiger partial charge in [-0.1, -0.05) is 0 Å². The molecule has 0 saturated heterocycles. The quantitative estimate of drug-likeness (QED) is 0.648. The van der Waals surface area contributed by atoms with E-state index in [1.54, 1.807) is 13.0 Å². The van der Waals surface area contributed by atoms with Crippen molar-refractivity contribution >= 4 is 15.7 Å². The van der Waals surface area contributed by atoms with Crippen LogP contribution >= 0.6 is 0 Å². The fraction of sp³-hybridized carbons (Fsp3) is 0.154. The van der Waals surface area contributed by atoms with Gasteiger partial charge < -0.3 is 10.5 Å². The van der Waals surface area contributed by atoms with Gasteiger partial charge in [0, 0.05) is 11.9 Å². The van der Waals surface area contributed by atoms with Gasteiger partial charge in [-0.25, -0.2) is 13.4 Å². The van der Waals surface area contributed by atoms with Gasteiger partial charge in [0.25, 0.3) is 0 Å². The third kappa shape index (κ3) is 3.76. The van der Waals surface area contributed by atoms with E-state index in [9.17, 15) is 8.42 Å². The first-order valence-electron chi connectivity index (χ1n) is 5.94. The molecule has 0 spiro atoms. The maximum Gasteiger partial charge on any atom is 0.322 e. The highest BCUT2D eigenvalue weighted by atomic mass is 32.2. The summed E-state index contributed by atoms with van der Waals surface area (Å²) in [5.41, 5.74) is 6.26. The van der Waals surface area contributed by atoms with Gasteiger partial charge in [-0.15, -0.1) is 0 Å². The molecule has 2 aromatic rings. The minimum absolute atomic E-state index is 0.0484. The average molecular weight is 306 g/mol. The highest BCUT2D eigenvalue weighted by Gasteiger charge is 2.09. The molecule has 0 atom stereocenters. The van der Waals surface area contributed by atoms with Crippen LogP contribution < -0.4 is 10.5 Å². The minimum Gasteiger partial charge on any atom is -0.424 e. The molecule has 0 aliphatic carbocycles. The maximum atomic E-state index is 11.4. The number of aryl methyl sites for hydroxylation is 1. The number of ether oxygens (including phenoxy) is 1. The van der Waals surface area contributed by atoms with Crippen LogP contribution in [0.25, 0.3) is 0 Å². The van der Waals surface area contributed by atoms with Crippen LogP contribution in [0, 0.1) is 12.3 Å². The van der Waals surface area contributed by atoms with E-state index in [1.807, 2.05) is 0 Å². The van der Waals surface area contributed by atoms with Crippen molar-refractivity contribution < 1.29 is 13.2 Å². The van der Waals surface area contributed by atoms with Crippen LogP contribution in [-0.2, 0) is 9.84 Å². The Balaban J connectivity index is 2.28. The summed E-state index contributed by atoms with van der Waals surface area (Å²) in [7, 11) is -3.25. The molecule has 0 aliphatic heterocycles. The zero-order valence-corrected chi connectivity index (χ0v) is 12.3. The number of nitrogens with zero attached hydrogens (tertiary/aromatic N) is 2. The molecule has 110 valence electrons. The smallest absolute Gasteiger partial charge is 0.322 e. The Morgan fingerprint density at radius 3 is 2.38 bits per heavy atom. The fourth-order valence-corrected chi connectivity index (χ4v) is 2.22. The van der Waals surface area contributed by atoms with Crippen molar-refractivity contribution in [1.82, 2.24) is 9.97 Å². The molecular weight excluding hydrogens is 292 g/mol. The predicted octanol–water partition coefficient (Wildman–Crippen LogP) is 1.26. The van der Waals surface area contributed by atoms with E-state index in [2.05, 4.69) is 9.97 Å². The number of benzene rings is 1. The van der Waals surface area contributed by atoms with Crippen molar-refractivity contribution in [1.29, 1.82) is 5.41 Å². The number of nitrogens with two attached hydrogens (primary N) is 1. The monoisotopic (exact) mass is 306 g/mol. The van der Waals surface area contributed by atoms with Crippen LogP contribution in [0.3, 0.4) is 0 Å². The second-order valence-electron chi connectivity index (χ2n) is 4.44. The van der Waals surface area contributed by atoms with E-state index >= 15 is 0 Å². The molecule has 0 bridgehead atoms. The second kappa shape index (κ2) is 5.49. The standard InChI is InChI=1S/C13H14N4O3S/c1-8-7-11(12(14)15)17-13(16-8)20-9-3-5-10(6-4-9)21(2,18)19/h3-7H,1-2H3,(H3,14,15). The lowest BCUT2D eigenvalue weighted by Gasteiger charge is -2.07. The van der Waals surface area contributed by atoms with Gasteiger partial charge in [-0.2, -0.15) is 4.98 Å². The lowest BCUT2D eigenvalue weighted by atomic mass is 10.3. The van der Waals surface area contributed by atoms with E-state index < -0.39 is 9.84 Å². The molecule has 2 rings (SSSR count). The molecule has 8 heteroatoms. The lowest BCUT2D eigenvalue weighted by Crippen LogP contribution is -2.14. The normalized spacial score (nSPS) is 11.1. The van der Waals surface area contributed by atoms with Gasteiger partial charge in [0.1, 0.15) is 17.3 Å². The van der Waals surface area contributed by atoms with Gasteiger partial charge in [-0.3, -0.25) is 5.41 Å². The molecular formula is C13H14N4O3S. The second-order valence-corrected chi connectivity index (χ2v) is 6.45. The molecule has 1 aromatic carbocycles. The molecule has 0 fully saturated rings.